The first-order valence-electron chi connectivity index (χ1n) is 6.05. The van der Waals surface area contributed by atoms with Crippen molar-refractivity contribution >= 4 is 0 Å². The second kappa shape index (κ2) is 5.15. The zero-order valence-corrected chi connectivity index (χ0v) is 10.6. The van der Waals surface area contributed by atoms with Gasteiger partial charge in [0.2, 0.25) is 0 Å². The van der Waals surface area contributed by atoms with Crippen molar-refractivity contribution in [2.45, 2.75) is 26.8 Å². The first-order valence-corrected chi connectivity index (χ1v) is 6.05. The van der Waals surface area contributed by atoms with Gasteiger partial charge in [0.15, 0.2) is 0 Å². The Hall–Kier alpha value is -1.61. The molecular formula is C14H19N3. The highest BCUT2D eigenvalue weighted by Gasteiger charge is 2.04. The summed E-state index contributed by atoms with van der Waals surface area (Å²) in [6.45, 7) is 7.33. The van der Waals surface area contributed by atoms with E-state index in [0.717, 1.165) is 12.2 Å². The second-order valence-corrected chi connectivity index (χ2v) is 4.33. The van der Waals surface area contributed by atoms with Gasteiger partial charge in [0.1, 0.15) is 0 Å². The molecule has 1 heterocycles. The number of benzene rings is 1. The van der Waals surface area contributed by atoms with Crippen LogP contribution in [-0.4, -0.2) is 16.3 Å². The lowest BCUT2D eigenvalue weighted by Gasteiger charge is -2.13. The van der Waals surface area contributed by atoms with Crippen LogP contribution in [0.25, 0.3) is 5.69 Å². The van der Waals surface area contributed by atoms with Gasteiger partial charge in [-0.25, -0.2) is 4.68 Å². The quantitative estimate of drug-likeness (QED) is 0.873. The lowest BCUT2D eigenvalue weighted by Crippen LogP contribution is -2.17. The summed E-state index contributed by atoms with van der Waals surface area (Å²) in [4.78, 5) is 0. The normalized spacial score (nSPS) is 12.6. The first-order chi connectivity index (χ1) is 8.20. The van der Waals surface area contributed by atoms with Crippen LogP contribution in [0.4, 0.5) is 0 Å². The Labute approximate surface area is 102 Å². The van der Waals surface area contributed by atoms with E-state index in [1.807, 2.05) is 24.0 Å². The van der Waals surface area contributed by atoms with Gasteiger partial charge in [-0.2, -0.15) is 5.10 Å². The zero-order chi connectivity index (χ0) is 12.3. The maximum atomic E-state index is 4.30. The maximum absolute atomic E-state index is 4.30. The van der Waals surface area contributed by atoms with E-state index in [9.17, 15) is 0 Å². The molecule has 0 saturated carbocycles. The summed E-state index contributed by atoms with van der Waals surface area (Å²) in [5.41, 5.74) is 3.58. The van der Waals surface area contributed by atoms with Gasteiger partial charge in [0, 0.05) is 12.2 Å². The van der Waals surface area contributed by atoms with Crippen molar-refractivity contribution < 1.29 is 0 Å². The van der Waals surface area contributed by atoms with Crippen LogP contribution in [0.5, 0.6) is 0 Å². The Morgan fingerprint density at radius 1 is 1.29 bits per heavy atom. The molecule has 1 unspecified atom stereocenters. The summed E-state index contributed by atoms with van der Waals surface area (Å²) >= 11 is 0. The number of nitrogens with one attached hydrogen (secondary N) is 1. The number of aryl methyl sites for hydroxylation is 1. The van der Waals surface area contributed by atoms with Crippen LogP contribution in [0.15, 0.2) is 36.7 Å². The average Bonchev–Trinajstić information content (AvgIpc) is 2.76. The predicted molar refractivity (Wildman–Crippen MR) is 70.4 cm³/mol. The molecule has 0 amide bonds. The third kappa shape index (κ3) is 2.74. The highest BCUT2D eigenvalue weighted by Crippen LogP contribution is 2.15. The summed E-state index contributed by atoms with van der Waals surface area (Å²) < 4.78 is 1.90. The molecule has 1 atom stereocenters. The van der Waals surface area contributed by atoms with E-state index in [1.54, 1.807) is 0 Å². The molecule has 0 spiro atoms. The monoisotopic (exact) mass is 229 g/mol. The van der Waals surface area contributed by atoms with Crippen LogP contribution in [0.3, 0.4) is 0 Å². The number of hydrogen-bond donors (Lipinski definition) is 1. The van der Waals surface area contributed by atoms with E-state index in [2.05, 4.69) is 48.5 Å². The largest absolute Gasteiger partial charge is 0.310 e. The summed E-state index contributed by atoms with van der Waals surface area (Å²) in [5, 5.41) is 7.70. The maximum Gasteiger partial charge on any atom is 0.0645 e. The van der Waals surface area contributed by atoms with Crippen molar-refractivity contribution in [3.63, 3.8) is 0 Å². The number of aromatic nitrogens is 2. The fourth-order valence-electron chi connectivity index (χ4n) is 1.89. The Bertz CT molecular complexity index is 470. The summed E-state index contributed by atoms with van der Waals surface area (Å²) in [6, 6.07) is 8.92. The standard InChI is InChI=1S/C14H19N3/c1-4-15-12(3)13-5-7-14(8-6-13)17-10-11(2)9-16-17/h5-10,12,15H,4H2,1-3H3. The van der Waals surface area contributed by atoms with Crippen molar-refractivity contribution in [3.05, 3.63) is 47.8 Å². The van der Waals surface area contributed by atoms with Crippen LogP contribution >= 0.6 is 0 Å². The molecule has 2 aromatic rings. The van der Waals surface area contributed by atoms with Crippen LogP contribution in [0, 0.1) is 6.92 Å². The van der Waals surface area contributed by atoms with Crippen molar-refractivity contribution in [3.8, 4) is 5.69 Å². The third-order valence-electron chi connectivity index (χ3n) is 2.88. The third-order valence-corrected chi connectivity index (χ3v) is 2.88. The van der Waals surface area contributed by atoms with E-state index in [1.165, 1.54) is 11.1 Å². The minimum absolute atomic E-state index is 0.397. The molecule has 0 fully saturated rings. The molecule has 90 valence electrons. The highest BCUT2D eigenvalue weighted by molar-refractivity contribution is 5.35. The van der Waals surface area contributed by atoms with E-state index in [4.69, 9.17) is 0 Å². The minimum atomic E-state index is 0.397. The molecule has 0 aliphatic heterocycles. The Morgan fingerprint density at radius 2 is 2.00 bits per heavy atom. The number of hydrogen-bond acceptors (Lipinski definition) is 2. The summed E-state index contributed by atoms with van der Waals surface area (Å²) in [7, 11) is 0. The predicted octanol–water partition coefficient (Wildman–Crippen LogP) is 2.85. The van der Waals surface area contributed by atoms with Crippen molar-refractivity contribution in [1.29, 1.82) is 0 Å². The van der Waals surface area contributed by atoms with Crippen LogP contribution in [0.2, 0.25) is 0 Å². The Kier molecular flexibility index (Phi) is 3.59. The lowest BCUT2D eigenvalue weighted by molar-refractivity contribution is 0.598. The summed E-state index contributed by atoms with van der Waals surface area (Å²) in [6.07, 6.45) is 3.90. The van der Waals surface area contributed by atoms with Crippen LogP contribution in [-0.2, 0) is 0 Å². The number of nitrogens with zero attached hydrogens (tertiary/aromatic N) is 2. The molecule has 3 heteroatoms. The SMILES string of the molecule is CCNC(C)c1ccc(-n2cc(C)cn2)cc1. The van der Waals surface area contributed by atoms with Gasteiger partial charge < -0.3 is 5.32 Å². The molecule has 2 rings (SSSR count). The molecule has 0 aliphatic carbocycles. The molecule has 0 bridgehead atoms. The van der Waals surface area contributed by atoms with E-state index >= 15 is 0 Å². The smallest absolute Gasteiger partial charge is 0.0645 e. The zero-order valence-electron chi connectivity index (χ0n) is 10.6. The molecular weight excluding hydrogens is 210 g/mol. The first kappa shape index (κ1) is 11.9. The summed E-state index contributed by atoms with van der Waals surface area (Å²) in [5.74, 6) is 0. The van der Waals surface area contributed by atoms with Gasteiger partial charge in [-0.15, -0.1) is 0 Å². The average molecular weight is 229 g/mol. The van der Waals surface area contributed by atoms with E-state index < -0.39 is 0 Å². The van der Waals surface area contributed by atoms with Crippen LogP contribution < -0.4 is 5.32 Å². The second-order valence-electron chi connectivity index (χ2n) is 4.33. The molecule has 1 aromatic carbocycles. The van der Waals surface area contributed by atoms with Gasteiger partial charge in [0.25, 0.3) is 0 Å². The molecule has 17 heavy (non-hydrogen) atoms. The van der Waals surface area contributed by atoms with E-state index in [-0.39, 0.29) is 0 Å². The number of rotatable bonds is 4. The topological polar surface area (TPSA) is 29.9 Å². The van der Waals surface area contributed by atoms with E-state index in [0.29, 0.717) is 6.04 Å². The minimum Gasteiger partial charge on any atom is -0.310 e. The highest BCUT2D eigenvalue weighted by atomic mass is 15.3. The lowest BCUT2D eigenvalue weighted by atomic mass is 10.1. The Balaban J connectivity index is 2.18. The van der Waals surface area contributed by atoms with Gasteiger partial charge in [0.05, 0.1) is 11.9 Å². The molecule has 1 aromatic heterocycles. The fraction of sp³-hybridized carbons (Fsp3) is 0.357. The van der Waals surface area contributed by atoms with Crippen molar-refractivity contribution in [2.75, 3.05) is 6.54 Å². The molecule has 1 N–H and O–H groups in total. The molecule has 3 nitrogen and oxygen atoms in total. The van der Waals surface area contributed by atoms with Gasteiger partial charge >= 0.3 is 0 Å². The molecule has 0 radical (unpaired) electrons. The van der Waals surface area contributed by atoms with Gasteiger partial charge in [-0.3, -0.25) is 0 Å². The van der Waals surface area contributed by atoms with Crippen LogP contribution in [0.1, 0.15) is 31.0 Å². The van der Waals surface area contributed by atoms with Gasteiger partial charge in [-0.1, -0.05) is 19.1 Å². The van der Waals surface area contributed by atoms with Crippen molar-refractivity contribution in [2.24, 2.45) is 0 Å². The van der Waals surface area contributed by atoms with Gasteiger partial charge in [-0.05, 0) is 43.7 Å². The molecule has 0 aliphatic rings. The van der Waals surface area contributed by atoms with Crippen molar-refractivity contribution in [1.82, 2.24) is 15.1 Å². The molecule has 0 saturated heterocycles. The fourth-order valence-corrected chi connectivity index (χ4v) is 1.89. The Morgan fingerprint density at radius 3 is 2.53 bits per heavy atom.